The van der Waals surface area contributed by atoms with E-state index in [0.717, 1.165) is 16.8 Å². The van der Waals surface area contributed by atoms with Gasteiger partial charge in [0.15, 0.2) is 0 Å². The Labute approximate surface area is 95.6 Å². The fraction of sp³-hybridized carbons (Fsp3) is 0.333. The molecule has 1 radical (unpaired) electrons. The number of amides is 1. The molecule has 0 aliphatic heterocycles. The Kier molecular flexibility index (Phi) is 4.15. The molecule has 0 aliphatic carbocycles. The number of alkyl halides is 1. The maximum absolute atomic E-state index is 11.6. The van der Waals surface area contributed by atoms with Crippen molar-refractivity contribution < 1.29 is 4.79 Å². The van der Waals surface area contributed by atoms with E-state index in [9.17, 15) is 4.79 Å². The zero-order chi connectivity index (χ0) is 11.4. The lowest BCUT2D eigenvalue weighted by Gasteiger charge is -2.13. The second-order valence-corrected chi connectivity index (χ2v) is 4.04. The summed E-state index contributed by atoms with van der Waals surface area (Å²) in [6.45, 7) is 7.51. The number of aryl methyl sites for hydroxylation is 2. The Balaban J connectivity index is 2.85. The summed E-state index contributed by atoms with van der Waals surface area (Å²) in [5, 5.41) is 2.25. The molecule has 1 aromatic carbocycles. The van der Waals surface area contributed by atoms with Gasteiger partial charge in [-0.15, -0.1) is 11.6 Å². The molecule has 1 unspecified atom stereocenters. The van der Waals surface area contributed by atoms with Crippen molar-refractivity contribution in [1.82, 2.24) is 0 Å². The molecule has 0 aliphatic rings. The highest BCUT2D eigenvalue weighted by Gasteiger charge is 2.14. The van der Waals surface area contributed by atoms with Gasteiger partial charge in [-0.2, -0.15) is 0 Å². The molecular formula is C12H15ClNO. The molecule has 0 heterocycles. The molecule has 0 spiro atoms. The molecule has 1 amide bonds. The first-order valence-corrected chi connectivity index (χ1v) is 5.30. The first-order valence-electron chi connectivity index (χ1n) is 4.86. The zero-order valence-electron chi connectivity index (χ0n) is 9.01. The quantitative estimate of drug-likeness (QED) is 0.786. The minimum atomic E-state index is -0.566. The highest BCUT2D eigenvalue weighted by molar-refractivity contribution is 6.32. The second-order valence-electron chi connectivity index (χ2n) is 3.51. The Bertz CT molecular complexity index is 342. The fourth-order valence-electron chi connectivity index (χ4n) is 1.34. The number of rotatable bonds is 3. The van der Waals surface area contributed by atoms with Gasteiger partial charge < -0.3 is 5.32 Å². The van der Waals surface area contributed by atoms with Crippen molar-refractivity contribution in [2.75, 3.05) is 5.32 Å². The Morgan fingerprint density at radius 2 is 2.00 bits per heavy atom. The van der Waals surface area contributed by atoms with Crippen molar-refractivity contribution in [2.24, 2.45) is 0 Å². The van der Waals surface area contributed by atoms with Gasteiger partial charge in [-0.05, 0) is 31.4 Å². The maximum Gasteiger partial charge on any atom is 0.242 e. The largest absolute Gasteiger partial charge is 0.324 e. The maximum atomic E-state index is 11.6. The van der Waals surface area contributed by atoms with Crippen LogP contribution >= 0.6 is 11.6 Å². The number of benzene rings is 1. The number of carbonyl (C=O) groups excluding carboxylic acids is 1. The lowest BCUT2D eigenvalue weighted by molar-refractivity contribution is -0.115. The third kappa shape index (κ3) is 2.96. The van der Waals surface area contributed by atoms with Gasteiger partial charge in [0.25, 0.3) is 0 Å². The Morgan fingerprint density at radius 3 is 2.47 bits per heavy atom. The predicted octanol–water partition coefficient (Wildman–Crippen LogP) is 3.07. The number of hydrogen-bond donors (Lipinski definition) is 1. The molecule has 1 N–H and O–H groups in total. The van der Waals surface area contributed by atoms with Gasteiger partial charge in [0.2, 0.25) is 5.91 Å². The molecule has 0 fully saturated rings. The van der Waals surface area contributed by atoms with E-state index in [2.05, 4.69) is 12.2 Å². The van der Waals surface area contributed by atoms with Crippen molar-refractivity contribution in [3.8, 4) is 0 Å². The molecule has 2 nitrogen and oxygen atoms in total. The van der Waals surface area contributed by atoms with E-state index >= 15 is 0 Å². The van der Waals surface area contributed by atoms with Gasteiger partial charge in [0.1, 0.15) is 5.38 Å². The third-order valence-electron chi connectivity index (χ3n) is 2.27. The summed E-state index contributed by atoms with van der Waals surface area (Å²) >= 11 is 5.80. The van der Waals surface area contributed by atoms with Crippen LogP contribution in [-0.4, -0.2) is 11.3 Å². The lowest BCUT2D eigenvalue weighted by Crippen LogP contribution is -2.23. The third-order valence-corrected chi connectivity index (χ3v) is 2.68. The number of nitrogens with one attached hydrogen (secondary N) is 1. The van der Waals surface area contributed by atoms with Crippen LogP contribution in [-0.2, 0) is 4.79 Å². The standard InChI is InChI=1S/C12H15ClNO/c1-4-10(13)12(15)14-11-8(2)6-5-7-9(11)3/h5-7,10H,1,4H2,2-3H3,(H,14,15). The topological polar surface area (TPSA) is 29.1 Å². The van der Waals surface area contributed by atoms with E-state index in [0.29, 0.717) is 6.42 Å². The van der Waals surface area contributed by atoms with Gasteiger partial charge in [0, 0.05) is 5.69 Å². The van der Waals surface area contributed by atoms with Gasteiger partial charge in [-0.3, -0.25) is 4.79 Å². The number of anilines is 1. The van der Waals surface area contributed by atoms with Crippen molar-refractivity contribution >= 4 is 23.2 Å². The van der Waals surface area contributed by atoms with Crippen LogP contribution in [0.1, 0.15) is 17.5 Å². The first-order chi connectivity index (χ1) is 7.06. The van der Waals surface area contributed by atoms with E-state index in [1.54, 1.807) is 0 Å². The molecule has 81 valence electrons. The van der Waals surface area contributed by atoms with Crippen LogP contribution in [0.25, 0.3) is 0 Å². The molecule has 1 aromatic rings. The molecule has 15 heavy (non-hydrogen) atoms. The van der Waals surface area contributed by atoms with Crippen molar-refractivity contribution in [3.05, 3.63) is 36.2 Å². The van der Waals surface area contributed by atoms with Crippen LogP contribution in [0.15, 0.2) is 18.2 Å². The number of halogens is 1. The summed E-state index contributed by atoms with van der Waals surface area (Å²) in [7, 11) is 0. The van der Waals surface area contributed by atoms with Crippen molar-refractivity contribution in [1.29, 1.82) is 0 Å². The van der Waals surface area contributed by atoms with Crippen molar-refractivity contribution in [3.63, 3.8) is 0 Å². The average Bonchev–Trinajstić information content (AvgIpc) is 2.22. The smallest absolute Gasteiger partial charge is 0.242 e. The summed E-state index contributed by atoms with van der Waals surface area (Å²) in [4.78, 5) is 11.6. The Hall–Kier alpha value is -1.02. The van der Waals surface area contributed by atoms with Gasteiger partial charge in [0.05, 0.1) is 0 Å². The molecule has 0 saturated heterocycles. The van der Waals surface area contributed by atoms with Gasteiger partial charge in [-0.1, -0.05) is 25.1 Å². The van der Waals surface area contributed by atoms with Crippen LogP contribution in [0.4, 0.5) is 5.69 Å². The van der Waals surface area contributed by atoms with Crippen LogP contribution in [0.3, 0.4) is 0 Å². The molecule has 3 heteroatoms. The van der Waals surface area contributed by atoms with Crippen LogP contribution in [0.5, 0.6) is 0 Å². The highest BCUT2D eigenvalue weighted by Crippen LogP contribution is 2.20. The number of para-hydroxylation sites is 1. The normalized spacial score (nSPS) is 12.3. The van der Waals surface area contributed by atoms with E-state index in [1.807, 2.05) is 32.0 Å². The van der Waals surface area contributed by atoms with E-state index in [-0.39, 0.29) is 5.91 Å². The predicted molar refractivity (Wildman–Crippen MR) is 64.2 cm³/mol. The summed E-state index contributed by atoms with van der Waals surface area (Å²) in [5.74, 6) is -0.191. The fourth-order valence-corrected chi connectivity index (χ4v) is 1.40. The zero-order valence-corrected chi connectivity index (χ0v) is 9.77. The second kappa shape index (κ2) is 5.17. The molecule has 1 rings (SSSR count). The molecule has 0 saturated carbocycles. The van der Waals surface area contributed by atoms with Crippen LogP contribution in [0.2, 0.25) is 0 Å². The lowest BCUT2D eigenvalue weighted by atomic mass is 10.1. The molecule has 1 atom stereocenters. The van der Waals surface area contributed by atoms with Crippen molar-refractivity contribution in [2.45, 2.75) is 25.6 Å². The van der Waals surface area contributed by atoms with E-state index < -0.39 is 5.38 Å². The summed E-state index contributed by atoms with van der Waals surface area (Å²) in [6, 6.07) is 5.87. The number of hydrogen-bond acceptors (Lipinski definition) is 1. The summed E-state index contributed by atoms with van der Waals surface area (Å²) in [6.07, 6.45) is 0.387. The van der Waals surface area contributed by atoms with E-state index in [1.165, 1.54) is 0 Å². The van der Waals surface area contributed by atoms with Gasteiger partial charge >= 0.3 is 0 Å². The molecule has 0 bridgehead atoms. The minimum Gasteiger partial charge on any atom is -0.324 e. The summed E-state index contributed by atoms with van der Waals surface area (Å²) < 4.78 is 0. The summed E-state index contributed by atoms with van der Waals surface area (Å²) in [5.41, 5.74) is 2.93. The van der Waals surface area contributed by atoms with E-state index in [4.69, 9.17) is 11.6 Å². The van der Waals surface area contributed by atoms with Crippen LogP contribution in [0, 0.1) is 20.8 Å². The highest BCUT2D eigenvalue weighted by atomic mass is 35.5. The van der Waals surface area contributed by atoms with Gasteiger partial charge in [-0.25, -0.2) is 0 Å². The monoisotopic (exact) mass is 224 g/mol. The molecule has 0 aromatic heterocycles. The number of carbonyl (C=O) groups is 1. The minimum absolute atomic E-state index is 0.191. The first kappa shape index (κ1) is 12.1. The SMILES string of the molecule is [CH2]CC(Cl)C(=O)Nc1c(C)cccc1C. The molecular weight excluding hydrogens is 210 g/mol. The Morgan fingerprint density at radius 1 is 1.47 bits per heavy atom. The van der Waals surface area contributed by atoms with Crippen LogP contribution < -0.4 is 5.32 Å². The average molecular weight is 225 g/mol.